The van der Waals surface area contributed by atoms with E-state index in [9.17, 15) is 0 Å². The molecule has 102 valence electrons. The van der Waals surface area contributed by atoms with Crippen molar-refractivity contribution >= 4 is 0 Å². The highest BCUT2D eigenvalue weighted by Gasteiger charge is 2.28. The van der Waals surface area contributed by atoms with Crippen LogP contribution < -0.4 is 5.32 Å². The zero-order chi connectivity index (χ0) is 13.1. The molecule has 1 fully saturated rings. The molecule has 2 nitrogen and oxygen atoms in total. The molecular weight excluding hydrogens is 208 g/mol. The Kier molecular flexibility index (Phi) is 5.46. The molecule has 1 aliphatic heterocycles. The maximum absolute atomic E-state index is 3.65. The van der Waals surface area contributed by atoms with Crippen LogP contribution >= 0.6 is 0 Å². The molecule has 0 aromatic carbocycles. The molecule has 0 aromatic heterocycles. The van der Waals surface area contributed by atoms with Gasteiger partial charge in [-0.25, -0.2) is 0 Å². The lowest BCUT2D eigenvalue weighted by molar-refractivity contribution is 0.102. The highest BCUT2D eigenvalue weighted by molar-refractivity contribution is 4.84. The van der Waals surface area contributed by atoms with Gasteiger partial charge in [-0.3, -0.25) is 4.90 Å². The van der Waals surface area contributed by atoms with Crippen LogP contribution in [0.25, 0.3) is 0 Å². The van der Waals surface area contributed by atoms with Gasteiger partial charge in [0.05, 0.1) is 0 Å². The monoisotopic (exact) mass is 240 g/mol. The lowest BCUT2D eigenvalue weighted by atomic mass is 9.80. The minimum Gasteiger partial charge on any atom is -0.311 e. The third-order valence-corrected chi connectivity index (χ3v) is 4.29. The van der Waals surface area contributed by atoms with Crippen molar-refractivity contribution in [2.75, 3.05) is 26.2 Å². The molecule has 1 N–H and O–H groups in total. The van der Waals surface area contributed by atoms with Gasteiger partial charge in [-0.2, -0.15) is 0 Å². The maximum atomic E-state index is 3.65. The van der Waals surface area contributed by atoms with E-state index in [1.54, 1.807) is 0 Å². The SMILES string of the molecule is CC(C)CC1CN(CC(C)(C)C(C)C)CCN1. The minimum absolute atomic E-state index is 0.430. The largest absolute Gasteiger partial charge is 0.311 e. The lowest BCUT2D eigenvalue weighted by Gasteiger charge is -2.40. The number of nitrogens with zero attached hydrogens (tertiary/aromatic N) is 1. The summed E-state index contributed by atoms with van der Waals surface area (Å²) in [7, 11) is 0. The second kappa shape index (κ2) is 6.19. The van der Waals surface area contributed by atoms with E-state index in [0.29, 0.717) is 11.5 Å². The predicted octanol–water partition coefficient (Wildman–Crippen LogP) is 2.99. The molecular formula is C15H32N2. The second-order valence-electron chi connectivity index (χ2n) is 7.16. The van der Waals surface area contributed by atoms with Gasteiger partial charge in [0.15, 0.2) is 0 Å². The standard InChI is InChI=1S/C15H32N2/c1-12(2)9-14-10-17(8-7-16-14)11-15(5,6)13(3)4/h12-14,16H,7-11H2,1-6H3. The summed E-state index contributed by atoms with van der Waals surface area (Å²) >= 11 is 0. The van der Waals surface area contributed by atoms with Crippen molar-refractivity contribution in [1.29, 1.82) is 0 Å². The van der Waals surface area contributed by atoms with Crippen LogP contribution in [-0.4, -0.2) is 37.1 Å². The van der Waals surface area contributed by atoms with Crippen molar-refractivity contribution < 1.29 is 0 Å². The molecule has 1 rings (SSSR count). The fourth-order valence-corrected chi connectivity index (χ4v) is 2.52. The smallest absolute Gasteiger partial charge is 0.0198 e. The van der Waals surface area contributed by atoms with Crippen molar-refractivity contribution in [3.05, 3.63) is 0 Å². The quantitative estimate of drug-likeness (QED) is 0.795. The third kappa shape index (κ3) is 4.97. The summed E-state index contributed by atoms with van der Waals surface area (Å²) in [4.78, 5) is 2.66. The highest BCUT2D eigenvalue weighted by atomic mass is 15.2. The van der Waals surface area contributed by atoms with Crippen molar-refractivity contribution in [1.82, 2.24) is 10.2 Å². The van der Waals surface area contributed by atoms with Crippen molar-refractivity contribution in [3.63, 3.8) is 0 Å². The first-order chi connectivity index (χ1) is 7.81. The molecule has 0 bridgehead atoms. The van der Waals surface area contributed by atoms with Crippen LogP contribution in [0, 0.1) is 17.3 Å². The van der Waals surface area contributed by atoms with Gasteiger partial charge in [0.25, 0.3) is 0 Å². The van der Waals surface area contributed by atoms with Crippen LogP contribution in [0.2, 0.25) is 0 Å². The summed E-state index contributed by atoms with van der Waals surface area (Å²) in [5.74, 6) is 1.55. The molecule has 0 saturated carbocycles. The number of nitrogens with one attached hydrogen (secondary N) is 1. The fraction of sp³-hybridized carbons (Fsp3) is 1.00. The summed E-state index contributed by atoms with van der Waals surface area (Å²) in [6.45, 7) is 19.0. The molecule has 0 aromatic rings. The number of rotatable bonds is 5. The first kappa shape index (κ1) is 15.0. The Morgan fingerprint density at radius 1 is 1.24 bits per heavy atom. The second-order valence-corrected chi connectivity index (χ2v) is 7.16. The van der Waals surface area contributed by atoms with Crippen molar-refractivity contribution in [2.24, 2.45) is 17.3 Å². The molecule has 0 radical (unpaired) electrons. The number of piperazine rings is 1. The molecule has 1 saturated heterocycles. The normalized spacial score (nSPS) is 23.6. The van der Waals surface area contributed by atoms with E-state index >= 15 is 0 Å². The molecule has 2 heteroatoms. The van der Waals surface area contributed by atoms with Crippen LogP contribution in [0.1, 0.15) is 48.0 Å². The van der Waals surface area contributed by atoms with Gasteiger partial charge in [-0.1, -0.05) is 41.5 Å². The van der Waals surface area contributed by atoms with Gasteiger partial charge < -0.3 is 5.32 Å². The molecule has 0 spiro atoms. The van der Waals surface area contributed by atoms with Crippen molar-refractivity contribution in [3.8, 4) is 0 Å². The Morgan fingerprint density at radius 3 is 2.41 bits per heavy atom. The van der Waals surface area contributed by atoms with Crippen LogP contribution in [0.3, 0.4) is 0 Å². The van der Waals surface area contributed by atoms with Crippen LogP contribution in [0.4, 0.5) is 0 Å². The summed E-state index contributed by atoms with van der Waals surface area (Å²) in [5, 5.41) is 3.65. The number of hydrogen-bond acceptors (Lipinski definition) is 2. The van der Waals surface area contributed by atoms with E-state index in [1.165, 1.54) is 26.1 Å². The summed E-state index contributed by atoms with van der Waals surface area (Å²) in [5.41, 5.74) is 0.430. The van der Waals surface area contributed by atoms with E-state index in [-0.39, 0.29) is 0 Å². The van der Waals surface area contributed by atoms with Crippen LogP contribution in [0.15, 0.2) is 0 Å². The lowest BCUT2D eigenvalue weighted by Crippen LogP contribution is -2.53. The van der Waals surface area contributed by atoms with Gasteiger partial charge in [0.1, 0.15) is 0 Å². The Hall–Kier alpha value is -0.0800. The zero-order valence-corrected chi connectivity index (χ0v) is 12.7. The van der Waals surface area contributed by atoms with E-state index in [4.69, 9.17) is 0 Å². The zero-order valence-electron chi connectivity index (χ0n) is 12.7. The third-order valence-electron chi connectivity index (χ3n) is 4.29. The van der Waals surface area contributed by atoms with E-state index in [2.05, 4.69) is 51.8 Å². The van der Waals surface area contributed by atoms with Gasteiger partial charge in [-0.15, -0.1) is 0 Å². The van der Waals surface area contributed by atoms with Gasteiger partial charge in [0.2, 0.25) is 0 Å². The fourth-order valence-electron chi connectivity index (χ4n) is 2.52. The Balaban J connectivity index is 2.44. The number of hydrogen-bond donors (Lipinski definition) is 1. The van der Waals surface area contributed by atoms with Gasteiger partial charge in [-0.05, 0) is 23.7 Å². The Bertz CT molecular complexity index is 221. The molecule has 1 aliphatic rings. The molecule has 1 atom stereocenters. The summed E-state index contributed by atoms with van der Waals surface area (Å²) in [6, 6.07) is 0.701. The van der Waals surface area contributed by atoms with E-state index < -0.39 is 0 Å². The van der Waals surface area contributed by atoms with E-state index in [0.717, 1.165) is 18.4 Å². The Morgan fingerprint density at radius 2 is 1.88 bits per heavy atom. The van der Waals surface area contributed by atoms with E-state index in [1.807, 2.05) is 0 Å². The molecule has 1 unspecified atom stereocenters. The molecule has 0 aliphatic carbocycles. The maximum Gasteiger partial charge on any atom is 0.0198 e. The first-order valence-corrected chi connectivity index (χ1v) is 7.27. The molecule has 0 amide bonds. The summed E-state index contributed by atoms with van der Waals surface area (Å²) < 4.78 is 0. The molecule has 17 heavy (non-hydrogen) atoms. The topological polar surface area (TPSA) is 15.3 Å². The van der Waals surface area contributed by atoms with Crippen molar-refractivity contribution in [2.45, 2.75) is 54.0 Å². The first-order valence-electron chi connectivity index (χ1n) is 7.27. The molecule has 1 heterocycles. The predicted molar refractivity (Wildman–Crippen MR) is 76.3 cm³/mol. The highest BCUT2D eigenvalue weighted by Crippen LogP contribution is 2.27. The van der Waals surface area contributed by atoms with Crippen LogP contribution in [-0.2, 0) is 0 Å². The van der Waals surface area contributed by atoms with Crippen LogP contribution in [0.5, 0.6) is 0 Å². The summed E-state index contributed by atoms with van der Waals surface area (Å²) in [6.07, 6.45) is 1.30. The van der Waals surface area contributed by atoms with Gasteiger partial charge >= 0.3 is 0 Å². The average Bonchev–Trinajstić information content (AvgIpc) is 2.15. The average molecular weight is 240 g/mol. The van der Waals surface area contributed by atoms with Gasteiger partial charge in [0, 0.05) is 32.2 Å². The minimum atomic E-state index is 0.430. The Labute approximate surface area is 108 Å².